The smallest absolute Gasteiger partial charge is 0.230 e. The van der Waals surface area contributed by atoms with Crippen LogP contribution in [-0.2, 0) is 17.9 Å². The molecule has 0 atom stereocenters. The van der Waals surface area contributed by atoms with Crippen LogP contribution in [0.5, 0.6) is 0 Å². The van der Waals surface area contributed by atoms with Gasteiger partial charge in [-0.1, -0.05) is 41.6 Å². The van der Waals surface area contributed by atoms with E-state index in [2.05, 4.69) is 41.5 Å². The van der Waals surface area contributed by atoms with Gasteiger partial charge in [-0.05, 0) is 33.3 Å². The van der Waals surface area contributed by atoms with E-state index in [0.717, 1.165) is 10.7 Å². The van der Waals surface area contributed by atoms with E-state index >= 15 is 0 Å². The fourth-order valence-electron chi connectivity index (χ4n) is 2.23. The number of carbonyl (C=O) groups excluding carboxylic acids is 1. The van der Waals surface area contributed by atoms with Gasteiger partial charge < -0.3 is 15.0 Å². The monoisotopic (exact) mass is 347 g/mol. The molecule has 6 heteroatoms. The third-order valence-corrected chi connectivity index (χ3v) is 4.26. The minimum absolute atomic E-state index is 0.0251. The van der Waals surface area contributed by atoms with E-state index in [1.165, 1.54) is 17.3 Å². The number of imidazole rings is 1. The average molecular weight is 347 g/mol. The summed E-state index contributed by atoms with van der Waals surface area (Å²) >= 11 is 1.38. The minimum Gasteiger partial charge on any atom is -0.390 e. The Morgan fingerprint density at radius 1 is 1.29 bits per heavy atom. The predicted octanol–water partition coefficient (Wildman–Crippen LogP) is 2.74. The molecule has 1 aromatic carbocycles. The Bertz CT molecular complexity index is 687. The first-order valence-corrected chi connectivity index (χ1v) is 8.91. The number of aliphatic hydroxyl groups excluding tert-OH is 1. The van der Waals surface area contributed by atoms with Gasteiger partial charge >= 0.3 is 0 Å². The molecule has 24 heavy (non-hydrogen) atoms. The molecule has 1 aromatic heterocycles. The molecule has 2 rings (SSSR count). The standard InChI is InChI=1S/C18H25N3O2S/c1-13-5-7-14(8-6-13)9-21-10-15(11-22)19-17(21)24-12-16(23)20-18(2,3)4/h5-8,10,22H,9,11-12H2,1-4H3,(H,20,23). The molecule has 0 saturated carbocycles. The van der Waals surface area contributed by atoms with E-state index in [1.807, 2.05) is 31.5 Å². The molecule has 0 fully saturated rings. The SMILES string of the molecule is Cc1ccc(Cn2cc(CO)nc2SCC(=O)NC(C)(C)C)cc1. The molecular formula is C18H25N3O2S. The van der Waals surface area contributed by atoms with Gasteiger partial charge in [0.2, 0.25) is 5.91 Å². The second-order valence-electron chi connectivity index (χ2n) is 6.87. The number of hydrogen-bond donors (Lipinski definition) is 2. The van der Waals surface area contributed by atoms with Crippen molar-refractivity contribution in [3.05, 3.63) is 47.3 Å². The van der Waals surface area contributed by atoms with Crippen molar-refractivity contribution in [3.8, 4) is 0 Å². The molecule has 0 aliphatic rings. The summed E-state index contributed by atoms with van der Waals surface area (Å²) in [6, 6.07) is 8.30. The van der Waals surface area contributed by atoms with Crippen LogP contribution in [0.15, 0.2) is 35.6 Å². The van der Waals surface area contributed by atoms with Crippen LogP contribution in [0.2, 0.25) is 0 Å². The normalized spacial score (nSPS) is 11.5. The van der Waals surface area contributed by atoms with Crippen molar-refractivity contribution in [1.82, 2.24) is 14.9 Å². The predicted molar refractivity (Wildman–Crippen MR) is 97.1 cm³/mol. The number of aromatic nitrogens is 2. The van der Waals surface area contributed by atoms with Gasteiger partial charge in [0.15, 0.2) is 5.16 Å². The van der Waals surface area contributed by atoms with Gasteiger partial charge in [0, 0.05) is 18.3 Å². The maximum Gasteiger partial charge on any atom is 0.230 e. The molecule has 2 aromatic rings. The Morgan fingerprint density at radius 3 is 2.54 bits per heavy atom. The van der Waals surface area contributed by atoms with Gasteiger partial charge in [-0.25, -0.2) is 4.98 Å². The Labute approximate surface area is 147 Å². The highest BCUT2D eigenvalue weighted by Gasteiger charge is 2.16. The van der Waals surface area contributed by atoms with Gasteiger partial charge in [0.1, 0.15) is 0 Å². The number of carbonyl (C=O) groups is 1. The Morgan fingerprint density at radius 2 is 1.96 bits per heavy atom. The summed E-state index contributed by atoms with van der Waals surface area (Å²) in [6.07, 6.45) is 1.84. The highest BCUT2D eigenvalue weighted by atomic mass is 32.2. The maximum atomic E-state index is 12.0. The largest absolute Gasteiger partial charge is 0.390 e. The van der Waals surface area contributed by atoms with Gasteiger partial charge in [-0.3, -0.25) is 4.79 Å². The summed E-state index contributed by atoms with van der Waals surface area (Å²) in [7, 11) is 0. The van der Waals surface area contributed by atoms with Crippen LogP contribution in [0.1, 0.15) is 37.6 Å². The van der Waals surface area contributed by atoms with Crippen molar-refractivity contribution in [2.45, 2.75) is 51.5 Å². The highest BCUT2D eigenvalue weighted by Crippen LogP contribution is 2.20. The molecule has 0 unspecified atom stereocenters. The van der Waals surface area contributed by atoms with Crippen LogP contribution in [-0.4, -0.2) is 31.9 Å². The Hall–Kier alpha value is -1.79. The van der Waals surface area contributed by atoms with Gasteiger partial charge in [0.05, 0.1) is 18.1 Å². The highest BCUT2D eigenvalue weighted by molar-refractivity contribution is 7.99. The third-order valence-electron chi connectivity index (χ3n) is 3.27. The van der Waals surface area contributed by atoms with E-state index in [9.17, 15) is 9.90 Å². The van der Waals surface area contributed by atoms with Crippen molar-refractivity contribution in [2.75, 3.05) is 5.75 Å². The number of thioether (sulfide) groups is 1. The number of benzene rings is 1. The molecule has 1 heterocycles. The first kappa shape index (κ1) is 18.5. The maximum absolute atomic E-state index is 12.0. The number of hydrogen-bond acceptors (Lipinski definition) is 4. The molecule has 0 aliphatic heterocycles. The van der Waals surface area contributed by atoms with Gasteiger partial charge in [-0.15, -0.1) is 0 Å². The van der Waals surface area contributed by atoms with Gasteiger partial charge in [-0.2, -0.15) is 0 Å². The van der Waals surface area contributed by atoms with Crippen molar-refractivity contribution >= 4 is 17.7 Å². The number of aliphatic hydroxyl groups is 1. The molecule has 5 nitrogen and oxygen atoms in total. The van der Waals surface area contributed by atoms with Crippen molar-refractivity contribution < 1.29 is 9.90 Å². The average Bonchev–Trinajstić information content (AvgIpc) is 2.88. The number of rotatable bonds is 6. The fraction of sp³-hybridized carbons (Fsp3) is 0.444. The first-order chi connectivity index (χ1) is 11.3. The summed E-state index contributed by atoms with van der Waals surface area (Å²) in [6.45, 7) is 8.48. The second kappa shape index (κ2) is 7.85. The van der Waals surface area contributed by atoms with Crippen LogP contribution in [0.4, 0.5) is 0 Å². The fourth-order valence-corrected chi connectivity index (χ4v) is 3.03. The molecule has 1 amide bonds. The van der Waals surface area contributed by atoms with Gasteiger partial charge in [0.25, 0.3) is 0 Å². The third kappa shape index (κ3) is 5.69. The summed E-state index contributed by atoms with van der Waals surface area (Å²) in [5.41, 5.74) is 2.74. The van der Waals surface area contributed by atoms with Crippen LogP contribution in [0.25, 0.3) is 0 Å². The lowest BCUT2D eigenvalue weighted by Crippen LogP contribution is -2.41. The zero-order chi connectivity index (χ0) is 17.7. The molecule has 0 bridgehead atoms. The Kier molecular flexibility index (Phi) is 6.07. The second-order valence-corrected chi connectivity index (χ2v) is 7.82. The van der Waals surface area contributed by atoms with Crippen LogP contribution >= 0.6 is 11.8 Å². The van der Waals surface area contributed by atoms with Crippen molar-refractivity contribution in [3.63, 3.8) is 0 Å². The summed E-state index contributed by atoms with van der Waals surface area (Å²) in [5, 5.41) is 13.0. The number of amides is 1. The van der Waals surface area contributed by atoms with E-state index in [4.69, 9.17) is 0 Å². The van der Waals surface area contributed by atoms with Crippen LogP contribution in [0, 0.1) is 6.92 Å². The quantitative estimate of drug-likeness (QED) is 0.789. The lowest BCUT2D eigenvalue weighted by molar-refractivity contribution is -0.119. The zero-order valence-electron chi connectivity index (χ0n) is 14.7. The number of nitrogens with zero attached hydrogens (tertiary/aromatic N) is 2. The molecule has 0 saturated heterocycles. The summed E-state index contributed by atoms with van der Waals surface area (Å²) in [4.78, 5) is 16.4. The van der Waals surface area contributed by atoms with Crippen molar-refractivity contribution in [2.24, 2.45) is 0 Å². The lowest BCUT2D eigenvalue weighted by Gasteiger charge is -2.20. The number of nitrogens with one attached hydrogen (secondary N) is 1. The van der Waals surface area contributed by atoms with Crippen LogP contribution in [0.3, 0.4) is 0 Å². The molecule has 0 aliphatic carbocycles. The lowest BCUT2D eigenvalue weighted by atomic mass is 10.1. The summed E-state index contributed by atoms with van der Waals surface area (Å²) < 4.78 is 1.98. The molecule has 0 radical (unpaired) electrons. The number of aryl methyl sites for hydroxylation is 1. The van der Waals surface area contributed by atoms with E-state index in [0.29, 0.717) is 18.0 Å². The van der Waals surface area contributed by atoms with E-state index < -0.39 is 0 Å². The molecular weight excluding hydrogens is 322 g/mol. The minimum atomic E-state index is -0.245. The van der Waals surface area contributed by atoms with Crippen LogP contribution < -0.4 is 5.32 Å². The molecule has 130 valence electrons. The Balaban J connectivity index is 2.07. The van der Waals surface area contributed by atoms with E-state index in [-0.39, 0.29) is 18.1 Å². The zero-order valence-corrected chi connectivity index (χ0v) is 15.5. The topological polar surface area (TPSA) is 67.1 Å². The summed E-state index contributed by atoms with van der Waals surface area (Å²) in [5.74, 6) is 0.274. The van der Waals surface area contributed by atoms with E-state index in [1.54, 1.807) is 0 Å². The van der Waals surface area contributed by atoms with Crippen molar-refractivity contribution in [1.29, 1.82) is 0 Å². The molecule has 0 spiro atoms. The molecule has 2 N–H and O–H groups in total. The first-order valence-electron chi connectivity index (χ1n) is 7.93.